The van der Waals surface area contributed by atoms with Gasteiger partial charge in [-0.2, -0.15) is 0 Å². The van der Waals surface area contributed by atoms with Gasteiger partial charge in [-0.05, 0) is 53.8 Å². The zero-order chi connectivity index (χ0) is 21.1. The number of carboxylic acids is 1. The Hall–Kier alpha value is -2.27. The summed E-state index contributed by atoms with van der Waals surface area (Å²) in [5.41, 5.74) is 2.83. The highest BCUT2D eigenvalue weighted by Gasteiger charge is 2.45. The number of carbonyl (C=O) groups is 1. The van der Waals surface area contributed by atoms with Crippen molar-refractivity contribution in [2.45, 2.75) is 29.1 Å². The Kier molecular flexibility index (Phi) is 6.47. The molecule has 4 rings (SSSR count). The largest absolute Gasteiger partial charge is 0.481 e. The van der Waals surface area contributed by atoms with E-state index in [4.69, 9.17) is 11.6 Å². The smallest absolute Gasteiger partial charge is 0.308 e. The molecule has 0 bridgehead atoms. The van der Waals surface area contributed by atoms with Gasteiger partial charge in [0.2, 0.25) is 0 Å². The molecular weight excluding hydrogens is 416 g/mol. The predicted octanol–water partition coefficient (Wildman–Crippen LogP) is 6.31. The van der Waals surface area contributed by atoms with Crippen LogP contribution in [-0.4, -0.2) is 21.4 Å². The van der Waals surface area contributed by atoms with E-state index in [0.717, 1.165) is 28.0 Å². The van der Waals surface area contributed by atoms with E-state index in [1.54, 1.807) is 11.8 Å². The van der Waals surface area contributed by atoms with Crippen LogP contribution in [0.25, 0.3) is 11.1 Å². The zero-order valence-electron chi connectivity index (χ0n) is 16.3. The summed E-state index contributed by atoms with van der Waals surface area (Å²) in [6, 6.07) is 25.2. The number of benzene rings is 3. The van der Waals surface area contributed by atoms with E-state index in [-0.39, 0.29) is 11.2 Å². The first kappa shape index (κ1) is 21.0. The van der Waals surface area contributed by atoms with Crippen LogP contribution in [0.4, 0.5) is 0 Å². The number of hydrogen-bond donors (Lipinski definition) is 2. The number of aliphatic hydroxyl groups excluding tert-OH is 1. The maximum absolute atomic E-state index is 12.1. The normalized spacial score (nSPS) is 22.0. The first-order chi connectivity index (χ1) is 14.5. The van der Waals surface area contributed by atoms with Crippen molar-refractivity contribution in [3.05, 3.63) is 89.4 Å². The molecule has 0 unspecified atom stereocenters. The molecule has 1 aliphatic rings. The van der Waals surface area contributed by atoms with Gasteiger partial charge < -0.3 is 10.2 Å². The number of halogens is 1. The van der Waals surface area contributed by atoms with Gasteiger partial charge in [-0.3, -0.25) is 4.79 Å². The van der Waals surface area contributed by atoms with E-state index in [2.05, 4.69) is 0 Å². The highest BCUT2D eigenvalue weighted by Crippen LogP contribution is 2.47. The molecule has 0 aromatic heterocycles. The molecule has 4 atom stereocenters. The number of thioether (sulfide) groups is 1. The molecule has 0 saturated heterocycles. The Labute approximate surface area is 185 Å². The molecule has 154 valence electrons. The Balaban J connectivity index is 1.51. The lowest BCUT2D eigenvalue weighted by Crippen LogP contribution is -2.29. The van der Waals surface area contributed by atoms with Crippen molar-refractivity contribution >= 4 is 29.3 Å². The minimum atomic E-state index is -0.831. The second kappa shape index (κ2) is 9.25. The molecule has 1 fully saturated rings. The molecule has 1 saturated carbocycles. The van der Waals surface area contributed by atoms with E-state index in [1.807, 2.05) is 78.9 Å². The monoisotopic (exact) mass is 438 g/mol. The maximum atomic E-state index is 12.1. The van der Waals surface area contributed by atoms with Gasteiger partial charge in [0.05, 0.1) is 12.0 Å². The molecule has 0 amide bonds. The summed E-state index contributed by atoms with van der Waals surface area (Å²) < 4.78 is 0. The summed E-state index contributed by atoms with van der Waals surface area (Å²) in [6.07, 6.45) is 0.676. The van der Waals surface area contributed by atoms with Crippen molar-refractivity contribution in [2.24, 2.45) is 11.8 Å². The summed E-state index contributed by atoms with van der Waals surface area (Å²) in [4.78, 5) is 13.1. The number of carboxylic acid groups (broad SMARTS) is 1. The maximum Gasteiger partial charge on any atom is 0.308 e. The molecule has 5 heteroatoms. The topological polar surface area (TPSA) is 57.5 Å². The Morgan fingerprint density at radius 3 is 2.10 bits per heavy atom. The number of aliphatic carboxylic acids is 1. The first-order valence-corrected chi connectivity index (χ1v) is 11.3. The van der Waals surface area contributed by atoms with Crippen molar-refractivity contribution in [1.82, 2.24) is 0 Å². The predicted molar refractivity (Wildman–Crippen MR) is 122 cm³/mol. The van der Waals surface area contributed by atoms with Crippen LogP contribution in [0, 0.1) is 11.8 Å². The van der Waals surface area contributed by atoms with E-state index in [0.29, 0.717) is 11.4 Å². The molecule has 0 aliphatic heterocycles. The molecule has 2 N–H and O–H groups in total. The van der Waals surface area contributed by atoms with Crippen molar-refractivity contribution < 1.29 is 15.0 Å². The van der Waals surface area contributed by atoms with Crippen molar-refractivity contribution in [3.8, 4) is 11.1 Å². The average molecular weight is 439 g/mol. The Morgan fingerprint density at radius 1 is 0.900 bits per heavy atom. The second-order valence-electron chi connectivity index (χ2n) is 7.65. The van der Waals surface area contributed by atoms with Gasteiger partial charge in [0.25, 0.3) is 0 Å². The van der Waals surface area contributed by atoms with Crippen LogP contribution in [0.5, 0.6) is 0 Å². The van der Waals surface area contributed by atoms with Crippen LogP contribution in [0.1, 0.15) is 24.5 Å². The van der Waals surface area contributed by atoms with Crippen molar-refractivity contribution in [2.75, 3.05) is 0 Å². The molecule has 3 aromatic carbocycles. The highest BCUT2D eigenvalue weighted by molar-refractivity contribution is 8.00. The third-order valence-corrected chi connectivity index (χ3v) is 7.43. The zero-order valence-corrected chi connectivity index (χ0v) is 17.9. The Bertz CT molecular complexity index is 989. The van der Waals surface area contributed by atoms with Crippen LogP contribution < -0.4 is 0 Å². The van der Waals surface area contributed by atoms with Gasteiger partial charge in [-0.15, -0.1) is 11.8 Å². The van der Waals surface area contributed by atoms with Crippen molar-refractivity contribution in [1.29, 1.82) is 0 Å². The lowest BCUT2D eigenvalue weighted by Gasteiger charge is -2.25. The summed E-state index contributed by atoms with van der Waals surface area (Å²) in [6.45, 7) is 0. The fourth-order valence-electron chi connectivity index (χ4n) is 4.26. The molecular formula is C25H23ClO3S. The molecule has 30 heavy (non-hydrogen) atoms. The molecule has 0 spiro atoms. The number of rotatable bonds is 6. The molecule has 0 heterocycles. The van der Waals surface area contributed by atoms with E-state index < -0.39 is 18.0 Å². The molecule has 1 aliphatic carbocycles. The first-order valence-electron chi connectivity index (χ1n) is 10.0. The van der Waals surface area contributed by atoms with Crippen LogP contribution in [0.15, 0.2) is 83.8 Å². The third-order valence-electron chi connectivity index (χ3n) is 5.80. The number of aliphatic hydroxyl groups is 1. The fourth-order valence-corrected chi connectivity index (χ4v) is 5.76. The van der Waals surface area contributed by atoms with Gasteiger partial charge in [-0.25, -0.2) is 0 Å². The minimum absolute atomic E-state index is 0.0436. The van der Waals surface area contributed by atoms with E-state index >= 15 is 0 Å². The highest BCUT2D eigenvalue weighted by atomic mass is 35.5. The van der Waals surface area contributed by atoms with Crippen molar-refractivity contribution in [3.63, 3.8) is 0 Å². The Morgan fingerprint density at radius 2 is 1.50 bits per heavy atom. The number of hydrogen-bond acceptors (Lipinski definition) is 3. The SMILES string of the molecule is O=C(O)[C@@H]1[C@@H]([C@@H](O)c2ccc(-c3ccc(Cl)cc3)cc2)CC[C@H]1Sc1ccccc1. The van der Waals surface area contributed by atoms with E-state index in [1.165, 1.54) is 0 Å². The lowest BCUT2D eigenvalue weighted by atomic mass is 9.86. The standard InChI is InChI=1S/C25H23ClO3S/c26-19-12-10-17(11-13-19)16-6-8-18(9-7-16)24(27)21-14-15-22(23(21)25(28)29)30-20-4-2-1-3-5-20/h1-13,21-24,27H,14-15H2,(H,28,29)/t21-,22+,23+,24-/m0/s1. The van der Waals surface area contributed by atoms with Gasteiger partial charge in [0, 0.05) is 21.1 Å². The fraction of sp³-hybridized carbons (Fsp3) is 0.240. The molecule has 0 radical (unpaired) electrons. The molecule has 3 nitrogen and oxygen atoms in total. The summed E-state index contributed by atoms with van der Waals surface area (Å²) in [7, 11) is 0. The summed E-state index contributed by atoms with van der Waals surface area (Å²) in [5.74, 6) is -1.71. The molecule has 3 aromatic rings. The lowest BCUT2D eigenvalue weighted by molar-refractivity contribution is -0.144. The van der Waals surface area contributed by atoms with Crippen LogP contribution in [0.3, 0.4) is 0 Å². The van der Waals surface area contributed by atoms with Crippen LogP contribution >= 0.6 is 23.4 Å². The van der Waals surface area contributed by atoms with Gasteiger partial charge in [0.15, 0.2) is 0 Å². The average Bonchev–Trinajstić information content (AvgIpc) is 3.18. The van der Waals surface area contributed by atoms with E-state index in [9.17, 15) is 15.0 Å². The third kappa shape index (κ3) is 4.56. The summed E-state index contributed by atoms with van der Waals surface area (Å²) in [5, 5.41) is 21.6. The van der Waals surface area contributed by atoms with Gasteiger partial charge in [0.1, 0.15) is 0 Å². The second-order valence-corrected chi connectivity index (χ2v) is 9.40. The minimum Gasteiger partial charge on any atom is -0.481 e. The van der Waals surface area contributed by atoms with Crippen LogP contribution in [-0.2, 0) is 4.79 Å². The van der Waals surface area contributed by atoms with Gasteiger partial charge >= 0.3 is 5.97 Å². The van der Waals surface area contributed by atoms with Crippen LogP contribution in [0.2, 0.25) is 5.02 Å². The summed E-state index contributed by atoms with van der Waals surface area (Å²) >= 11 is 7.56. The van der Waals surface area contributed by atoms with Gasteiger partial charge in [-0.1, -0.05) is 66.2 Å². The quantitative estimate of drug-likeness (QED) is 0.473.